The number of carbonyl (C=O) groups excluding carboxylic acids is 1. The van der Waals surface area contributed by atoms with Crippen LogP contribution in [0.5, 0.6) is 0 Å². The molecule has 24 valence electrons. The molecule has 0 fully saturated rings. The van der Waals surface area contributed by atoms with Crippen LogP contribution in [0.25, 0.3) is 0 Å². The monoisotopic (exact) mass is 59.0 g/mol. The van der Waals surface area contributed by atoms with Crippen LogP contribution in [0.3, 0.4) is 0 Å². The molecule has 0 aromatic rings. The van der Waals surface area contributed by atoms with E-state index >= 15 is 0 Å². The van der Waals surface area contributed by atoms with Gasteiger partial charge in [0.25, 0.3) is 0 Å². The Morgan fingerprint density at radius 2 is 2.25 bits per heavy atom. The molecule has 0 bridgehead atoms. The molecule has 0 radical (unpaired) electrons. The number of hydrogen-bond donors (Lipinski definition) is 0. The molecule has 0 aromatic carbocycles. The highest BCUT2D eigenvalue weighted by molar-refractivity contribution is 5.48. The van der Waals surface area contributed by atoms with Crippen LogP contribution in [-0.4, -0.2) is 6.29 Å². The lowest BCUT2D eigenvalue weighted by molar-refractivity contribution is -0.107. The van der Waals surface area contributed by atoms with Crippen LogP contribution >= 0.6 is 0 Å². The Hall–Kier alpha value is -0.330. The Labute approximate surface area is 25.6 Å². The summed E-state index contributed by atoms with van der Waals surface area (Å²) < 4.78 is 0. The van der Waals surface area contributed by atoms with Gasteiger partial charge in [0.2, 0.25) is 0 Å². The minimum absolute atomic E-state index is 0.639. The molecule has 0 aliphatic carbocycles. The van der Waals surface area contributed by atoms with Crippen molar-refractivity contribution in [2.75, 3.05) is 0 Å². The summed E-state index contributed by atoms with van der Waals surface area (Å²) >= 11 is 0. The van der Waals surface area contributed by atoms with Crippen LogP contribution in [0.15, 0.2) is 0 Å². The van der Waals surface area contributed by atoms with Gasteiger partial charge in [-0.2, -0.15) is 0 Å². The van der Waals surface area contributed by atoms with E-state index in [0.717, 1.165) is 6.29 Å². The average Bonchev–Trinajstić information content (AvgIpc) is 1.37. The number of carbonyl (C=O) groups is 1. The van der Waals surface area contributed by atoms with Crippen LogP contribution in [0.1, 0.15) is 13.3 Å². The average molecular weight is 59.1 g/mol. The van der Waals surface area contributed by atoms with Gasteiger partial charge in [-0.25, -0.2) is 0 Å². The van der Waals surface area contributed by atoms with Crippen LogP contribution in [0, 0.1) is 0 Å². The highest BCUT2D eigenvalue weighted by Gasteiger charge is 1.52. The van der Waals surface area contributed by atoms with Gasteiger partial charge in [0, 0.05) is 6.42 Å². The van der Waals surface area contributed by atoms with E-state index < -0.39 is 0 Å². The summed E-state index contributed by atoms with van der Waals surface area (Å²) in [5.74, 6) is 0. The predicted molar refractivity (Wildman–Crippen MR) is 16.4 cm³/mol. The summed E-state index contributed by atoms with van der Waals surface area (Å²) in [6.45, 7) is 1.81. The maximum absolute atomic E-state index is 9.17. The van der Waals surface area contributed by atoms with Crippen molar-refractivity contribution in [2.45, 2.75) is 13.3 Å². The van der Waals surface area contributed by atoms with E-state index in [1.807, 2.05) is 6.92 Å². The van der Waals surface area contributed by atoms with Gasteiger partial charge < -0.3 is 4.79 Å². The molecular weight excluding hydrogens is 53.0 g/mol. The zero-order valence-electron chi connectivity index (χ0n) is 2.69. The quantitative estimate of drug-likeness (QED) is 0.319. The fraction of sp³-hybridized carbons (Fsp3) is 0.667. The highest BCUT2D eigenvalue weighted by atomic mass is 16.2. The van der Waals surface area contributed by atoms with Gasteiger partial charge in [0.15, 0.2) is 0 Å². The summed E-state index contributed by atoms with van der Waals surface area (Å²) in [6.07, 6.45) is 1.51. The second kappa shape index (κ2) is 2.67. The molecule has 1 heteroatoms. The Morgan fingerprint density at radius 3 is 2.25 bits per heavy atom. The van der Waals surface area contributed by atoms with Gasteiger partial charge in [-0.15, -0.1) is 0 Å². The van der Waals surface area contributed by atoms with Crippen LogP contribution in [0.4, 0.5) is 0 Å². The molecule has 4 heavy (non-hydrogen) atoms. The number of aldehydes is 1. The van der Waals surface area contributed by atoms with Crippen LogP contribution in [-0.2, 0) is 4.79 Å². The maximum Gasteiger partial charge on any atom is 0.119 e. The summed E-state index contributed by atoms with van der Waals surface area (Å²) in [5, 5.41) is 0. The van der Waals surface area contributed by atoms with Crippen molar-refractivity contribution in [1.82, 2.24) is 0 Å². The van der Waals surface area contributed by atoms with Gasteiger partial charge in [0.1, 0.15) is 6.29 Å². The van der Waals surface area contributed by atoms with Gasteiger partial charge in [-0.05, 0) is 0 Å². The zero-order valence-corrected chi connectivity index (χ0v) is 2.69. The molecule has 0 unspecified atom stereocenters. The fourth-order valence-electron chi connectivity index (χ4n) is 0. The lowest BCUT2D eigenvalue weighted by Gasteiger charge is -1.51. The van der Waals surface area contributed by atoms with Crippen molar-refractivity contribution >= 4 is 6.29 Å². The molecule has 0 saturated heterocycles. The maximum atomic E-state index is 9.17. The lowest BCUT2D eigenvalue weighted by Crippen LogP contribution is -1.55. The number of rotatable bonds is 1. The normalized spacial score (nSPS) is 6.25. The lowest BCUT2D eigenvalue weighted by atomic mass is 10.8. The summed E-state index contributed by atoms with van der Waals surface area (Å²) in [6, 6.07) is 0. The molecule has 0 atom stereocenters. The van der Waals surface area contributed by atoms with Crippen molar-refractivity contribution in [3.63, 3.8) is 0 Å². The molecule has 0 heterocycles. The molecular formula is C3H6O. The van der Waals surface area contributed by atoms with E-state index in [1.54, 1.807) is 0 Å². The Kier molecular flexibility index (Phi) is 2.45. The molecule has 0 N–H and O–H groups in total. The molecule has 1 nitrogen and oxygen atoms in total. The largest absolute Gasteiger partial charge is 0.303 e. The van der Waals surface area contributed by atoms with E-state index in [4.69, 9.17) is 0 Å². The first-order valence-corrected chi connectivity index (χ1v) is 1.35. The third-order valence-corrected chi connectivity index (χ3v) is 0.167. The number of hydrogen-bond acceptors (Lipinski definition) is 1. The molecule has 0 aliphatic heterocycles. The SMILES string of the molecule is CC[13CH]=O. The molecule has 0 spiro atoms. The zero-order chi connectivity index (χ0) is 3.41. The van der Waals surface area contributed by atoms with Crippen molar-refractivity contribution < 1.29 is 4.79 Å². The van der Waals surface area contributed by atoms with Gasteiger partial charge in [0.05, 0.1) is 0 Å². The topological polar surface area (TPSA) is 17.1 Å². The Balaban J connectivity index is 2.30. The van der Waals surface area contributed by atoms with Crippen LogP contribution < -0.4 is 0 Å². The van der Waals surface area contributed by atoms with Crippen molar-refractivity contribution in [3.8, 4) is 0 Å². The third kappa shape index (κ3) is 1.67. The third-order valence-electron chi connectivity index (χ3n) is 0.167. The van der Waals surface area contributed by atoms with E-state index in [2.05, 4.69) is 0 Å². The summed E-state index contributed by atoms with van der Waals surface area (Å²) in [5.41, 5.74) is 0. The smallest absolute Gasteiger partial charge is 0.119 e. The van der Waals surface area contributed by atoms with E-state index in [0.29, 0.717) is 6.42 Å². The van der Waals surface area contributed by atoms with E-state index in [-0.39, 0.29) is 0 Å². The predicted octanol–water partition coefficient (Wildman–Crippen LogP) is 0.595. The molecule has 0 saturated carbocycles. The van der Waals surface area contributed by atoms with Gasteiger partial charge in [-0.1, -0.05) is 6.92 Å². The highest BCUT2D eigenvalue weighted by Crippen LogP contribution is 1.53. The standard InChI is InChI=1S/C3H6O/c1-2-3-4/h3H,2H2,1H3/i3+1. The summed E-state index contributed by atoms with van der Waals surface area (Å²) in [7, 11) is 0. The van der Waals surface area contributed by atoms with E-state index in [1.165, 1.54) is 0 Å². The molecule has 0 aromatic heterocycles. The first-order valence-electron chi connectivity index (χ1n) is 1.35. The minimum Gasteiger partial charge on any atom is -0.303 e. The Morgan fingerprint density at radius 1 is 2.00 bits per heavy atom. The second-order valence-corrected chi connectivity index (χ2v) is 0.575. The summed E-state index contributed by atoms with van der Waals surface area (Å²) in [4.78, 5) is 9.17. The van der Waals surface area contributed by atoms with Crippen molar-refractivity contribution in [3.05, 3.63) is 0 Å². The van der Waals surface area contributed by atoms with Crippen molar-refractivity contribution in [2.24, 2.45) is 0 Å². The molecule has 0 aliphatic rings. The first kappa shape index (κ1) is 3.67. The second-order valence-electron chi connectivity index (χ2n) is 0.575. The molecule has 0 amide bonds. The van der Waals surface area contributed by atoms with Crippen molar-refractivity contribution in [1.29, 1.82) is 0 Å². The molecule has 0 rings (SSSR count). The Bertz CT molecular complexity index is 17.2. The van der Waals surface area contributed by atoms with Gasteiger partial charge >= 0.3 is 0 Å². The van der Waals surface area contributed by atoms with Crippen LogP contribution in [0.2, 0.25) is 0 Å². The van der Waals surface area contributed by atoms with Gasteiger partial charge in [-0.3, -0.25) is 0 Å². The first-order chi connectivity index (χ1) is 1.91. The fourth-order valence-corrected chi connectivity index (χ4v) is 0. The minimum atomic E-state index is 0.639. The van der Waals surface area contributed by atoms with E-state index in [9.17, 15) is 4.79 Å².